The molecule has 0 bridgehead atoms. The van der Waals surface area contributed by atoms with Crippen LogP contribution < -0.4 is 0 Å². The fraction of sp³-hybridized carbons (Fsp3) is 0.686. The zero-order valence-corrected chi connectivity index (χ0v) is 30.5. The molecular weight excluding hydrogens is 559 g/mol. The molecule has 0 aliphatic heterocycles. The van der Waals surface area contributed by atoms with Gasteiger partial charge in [-0.15, -0.1) is 24.5 Å². The van der Waals surface area contributed by atoms with E-state index in [1.807, 2.05) is 52.2 Å². The van der Waals surface area contributed by atoms with Crippen LogP contribution in [0, 0.1) is 30.1 Å². The number of esters is 1. The maximum Gasteiger partial charge on any atom is 0.309 e. The summed E-state index contributed by atoms with van der Waals surface area (Å²) in [4.78, 5) is 32.3. The summed E-state index contributed by atoms with van der Waals surface area (Å²) in [6, 6.07) is 0. The van der Waals surface area contributed by atoms with E-state index in [4.69, 9.17) is 9.16 Å². The highest BCUT2D eigenvalue weighted by Crippen LogP contribution is 2.42. The third-order valence-corrected chi connectivity index (χ3v) is 14.7. The van der Waals surface area contributed by atoms with Crippen LogP contribution in [0.1, 0.15) is 105 Å². The number of unbranched alkanes of at least 4 members (excludes halogenated alkanes) is 1. The van der Waals surface area contributed by atoms with Gasteiger partial charge in [-0.3, -0.25) is 9.59 Å². The number of hydrogen-bond donors (Lipinski definition) is 0. The predicted molar refractivity (Wildman–Crippen MR) is 182 cm³/mol. The van der Waals surface area contributed by atoms with Gasteiger partial charge in [0.25, 0.3) is 0 Å². The number of carbonyl (C=O) groups excluding carboxylic acids is 2. The zero-order valence-electron chi connectivity index (χ0n) is 28.6. The van der Waals surface area contributed by atoms with Gasteiger partial charge in [-0.05, 0) is 68.3 Å². The van der Waals surface area contributed by atoms with Crippen molar-refractivity contribution in [3.8, 4) is 0 Å². The molecular formula is C35H59NO4SSi. The summed E-state index contributed by atoms with van der Waals surface area (Å²) < 4.78 is 12.9. The number of carbonyl (C=O) groups is 2. The van der Waals surface area contributed by atoms with Gasteiger partial charge in [0.15, 0.2) is 8.32 Å². The van der Waals surface area contributed by atoms with E-state index in [-0.39, 0.29) is 35.0 Å². The van der Waals surface area contributed by atoms with Gasteiger partial charge in [0.05, 0.1) is 23.2 Å². The molecule has 0 unspecified atom stereocenters. The van der Waals surface area contributed by atoms with Gasteiger partial charge in [-0.2, -0.15) is 0 Å². The zero-order chi connectivity index (χ0) is 32.5. The summed E-state index contributed by atoms with van der Waals surface area (Å²) in [6.45, 7) is 32.8. The molecule has 0 radical (unpaired) electrons. The van der Waals surface area contributed by atoms with Crippen molar-refractivity contribution in [2.45, 2.75) is 132 Å². The molecule has 5 atom stereocenters. The van der Waals surface area contributed by atoms with E-state index >= 15 is 0 Å². The first-order valence-electron chi connectivity index (χ1n) is 15.5. The highest BCUT2D eigenvalue weighted by Gasteiger charge is 2.48. The Morgan fingerprint density at radius 3 is 2.21 bits per heavy atom. The lowest BCUT2D eigenvalue weighted by Gasteiger charge is -2.44. The van der Waals surface area contributed by atoms with Crippen LogP contribution in [-0.2, 0) is 18.8 Å². The Hall–Kier alpha value is -1.83. The highest BCUT2D eigenvalue weighted by molar-refractivity contribution is 7.09. The number of ketones is 1. The molecule has 1 rings (SSSR count). The lowest BCUT2D eigenvalue weighted by Crippen LogP contribution is -2.52. The summed E-state index contributed by atoms with van der Waals surface area (Å²) >= 11 is 1.58. The minimum absolute atomic E-state index is 0.0119. The molecule has 238 valence electrons. The molecule has 7 heteroatoms. The van der Waals surface area contributed by atoms with E-state index in [0.29, 0.717) is 12.3 Å². The van der Waals surface area contributed by atoms with Crippen LogP contribution >= 0.6 is 11.3 Å². The Balaban J connectivity index is 3.28. The Morgan fingerprint density at radius 1 is 1.10 bits per heavy atom. The monoisotopic (exact) mass is 617 g/mol. The lowest BCUT2D eigenvalue weighted by atomic mass is 9.70. The van der Waals surface area contributed by atoms with Crippen LogP contribution in [-0.4, -0.2) is 37.3 Å². The lowest BCUT2D eigenvalue weighted by molar-refractivity contribution is -0.153. The largest absolute Gasteiger partial charge is 0.457 e. The third-order valence-electron chi connectivity index (χ3n) is 9.38. The van der Waals surface area contributed by atoms with Crippen LogP contribution in [0.15, 0.2) is 36.3 Å². The van der Waals surface area contributed by atoms with Gasteiger partial charge in [0, 0.05) is 23.1 Å². The first-order chi connectivity index (χ1) is 19.3. The van der Waals surface area contributed by atoms with E-state index in [0.717, 1.165) is 35.5 Å². The Bertz CT molecular complexity index is 1080. The number of aryl methyl sites for hydroxylation is 1. The number of nitrogens with zero attached hydrogens (tertiary/aromatic N) is 1. The average molecular weight is 618 g/mol. The molecule has 0 fully saturated rings. The minimum Gasteiger partial charge on any atom is -0.457 e. The van der Waals surface area contributed by atoms with Crippen molar-refractivity contribution in [3.05, 3.63) is 47.0 Å². The average Bonchev–Trinajstić information content (AvgIpc) is 3.29. The topological polar surface area (TPSA) is 65.5 Å². The van der Waals surface area contributed by atoms with E-state index < -0.39 is 25.9 Å². The predicted octanol–water partition coefficient (Wildman–Crippen LogP) is 9.98. The van der Waals surface area contributed by atoms with Crippen LogP contribution in [0.5, 0.6) is 0 Å². The third kappa shape index (κ3) is 11.0. The standard InChI is InChI=1S/C35H59NO4SSi/c1-15-17-18-20-24(3)26(5)27(6)33(38)35(11,12)31(40-42(13,14)34(8,9)10)22-32(37)39-30(19-16-2)25(4)21-29-23-41-28(7)36-29/h15-16,21,23-24,26-27,30-31H,1-2,17-20,22H2,3-14H3/b25-21+/t24-,26-,27+,30-,31-/m0/s1. The van der Waals surface area contributed by atoms with Crippen LogP contribution in [0.25, 0.3) is 6.08 Å². The van der Waals surface area contributed by atoms with Crippen molar-refractivity contribution in [1.82, 2.24) is 4.98 Å². The Kier molecular flexibility index (Phi) is 14.8. The summed E-state index contributed by atoms with van der Waals surface area (Å²) in [5.74, 6) is 0.217. The molecule has 0 aromatic carbocycles. The van der Waals surface area contributed by atoms with E-state index in [1.54, 1.807) is 17.4 Å². The van der Waals surface area contributed by atoms with E-state index in [2.05, 4.69) is 65.9 Å². The number of rotatable bonds is 18. The molecule has 0 saturated carbocycles. The molecule has 42 heavy (non-hydrogen) atoms. The van der Waals surface area contributed by atoms with Crippen LogP contribution in [0.2, 0.25) is 18.1 Å². The van der Waals surface area contributed by atoms with Crippen LogP contribution in [0.4, 0.5) is 0 Å². The smallest absolute Gasteiger partial charge is 0.309 e. The summed E-state index contributed by atoms with van der Waals surface area (Å²) in [5, 5.41) is 2.90. The molecule has 0 N–H and O–H groups in total. The Labute approximate surface area is 262 Å². The Morgan fingerprint density at radius 2 is 1.71 bits per heavy atom. The number of thiazole rings is 1. The SMILES string of the molecule is C=CCCC[C@H](C)[C@H](C)[C@@H](C)C(=O)C(C)(C)[C@H](CC(=O)O[C@@H](CC=C)/C(C)=C/c1csc(C)n1)O[Si](C)(C)C(C)(C)C. The van der Waals surface area contributed by atoms with Crippen molar-refractivity contribution in [1.29, 1.82) is 0 Å². The fourth-order valence-electron chi connectivity index (χ4n) is 4.91. The molecule has 1 aromatic heterocycles. The van der Waals surface area contributed by atoms with Crippen molar-refractivity contribution < 1.29 is 18.8 Å². The van der Waals surface area contributed by atoms with E-state index in [9.17, 15) is 9.59 Å². The van der Waals surface area contributed by atoms with Crippen molar-refractivity contribution >= 4 is 37.5 Å². The van der Waals surface area contributed by atoms with Gasteiger partial charge in [-0.25, -0.2) is 4.98 Å². The molecule has 1 aromatic rings. The molecule has 1 heterocycles. The summed E-state index contributed by atoms with van der Waals surface area (Å²) in [7, 11) is -2.33. The van der Waals surface area contributed by atoms with Crippen molar-refractivity contribution in [2.24, 2.45) is 23.2 Å². The second kappa shape index (κ2) is 16.3. The number of aromatic nitrogens is 1. The van der Waals surface area contributed by atoms with Crippen molar-refractivity contribution in [2.75, 3.05) is 0 Å². The summed E-state index contributed by atoms with van der Waals surface area (Å²) in [5.41, 5.74) is 0.881. The second-order valence-electron chi connectivity index (χ2n) is 14.2. The second-order valence-corrected chi connectivity index (χ2v) is 20.0. The number of hydrogen-bond acceptors (Lipinski definition) is 6. The molecule has 0 amide bonds. The van der Waals surface area contributed by atoms with Gasteiger partial charge in [0.2, 0.25) is 0 Å². The quantitative estimate of drug-likeness (QED) is 0.0710. The number of ether oxygens (including phenoxy) is 1. The van der Waals surface area contributed by atoms with Gasteiger partial charge >= 0.3 is 5.97 Å². The first kappa shape index (κ1) is 38.2. The normalized spacial score (nSPS) is 16.7. The maximum absolute atomic E-state index is 14.2. The molecule has 0 spiro atoms. The van der Waals surface area contributed by atoms with Crippen LogP contribution in [0.3, 0.4) is 0 Å². The molecule has 0 aliphatic rings. The molecule has 0 aliphatic carbocycles. The van der Waals surface area contributed by atoms with Gasteiger partial charge < -0.3 is 9.16 Å². The number of Topliss-reactive ketones (excluding diaryl/α,β-unsaturated/α-hetero) is 1. The number of allylic oxidation sites excluding steroid dienone is 1. The molecule has 0 saturated heterocycles. The highest BCUT2D eigenvalue weighted by atomic mass is 32.1. The minimum atomic E-state index is -2.33. The van der Waals surface area contributed by atoms with E-state index in [1.165, 1.54) is 0 Å². The van der Waals surface area contributed by atoms with Crippen molar-refractivity contribution in [3.63, 3.8) is 0 Å². The summed E-state index contributed by atoms with van der Waals surface area (Å²) in [6.07, 6.45) is 8.24. The maximum atomic E-state index is 14.2. The van der Waals surface area contributed by atoms with Gasteiger partial charge in [0.1, 0.15) is 11.9 Å². The molecule has 5 nitrogen and oxygen atoms in total. The first-order valence-corrected chi connectivity index (χ1v) is 19.3. The van der Waals surface area contributed by atoms with Gasteiger partial charge in [-0.1, -0.05) is 74.0 Å². The fourth-order valence-corrected chi connectivity index (χ4v) is 6.92.